The van der Waals surface area contributed by atoms with Gasteiger partial charge in [-0.25, -0.2) is 0 Å². The zero-order valence-electron chi connectivity index (χ0n) is 17.5. The van der Waals surface area contributed by atoms with Crippen LogP contribution in [-0.4, -0.2) is 35.5 Å². The number of esters is 1. The van der Waals surface area contributed by atoms with Gasteiger partial charge < -0.3 is 14.9 Å². The first-order chi connectivity index (χ1) is 13.8. The van der Waals surface area contributed by atoms with Crippen LogP contribution in [0.3, 0.4) is 0 Å². The van der Waals surface area contributed by atoms with Gasteiger partial charge in [-0.1, -0.05) is 52.4 Å². The van der Waals surface area contributed by atoms with Gasteiger partial charge in [0.1, 0.15) is 0 Å². The molecule has 1 fully saturated rings. The van der Waals surface area contributed by atoms with E-state index in [4.69, 9.17) is 0 Å². The minimum absolute atomic E-state index is 0.176. The number of carbonyl (C=O) groups excluding carboxylic acids is 1. The second kappa shape index (κ2) is 15.1. The highest BCUT2D eigenvalue weighted by atomic mass is 79.9. The zero-order valence-corrected chi connectivity index (χ0v) is 19.9. The molecule has 1 saturated carbocycles. The molecule has 2 N–H and O–H groups in total. The van der Waals surface area contributed by atoms with Crippen molar-refractivity contribution in [2.75, 3.05) is 7.11 Å². The zero-order chi connectivity index (χ0) is 21.6. The third-order valence-electron chi connectivity index (χ3n) is 5.21. The smallest absolute Gasteiger partial charge is 0.305 e. The lowest BCUT2D eigenvalue weighted by atomic mass is 9.90. The molecule has 1 aliphatic rings. The van der Waals surface area contributed by atoms with E-state index < -0.39 is 6.10 Å². The number of thiol groups is 1. The molecule has 0 radical (unpaired) electrons. The maximum absolute atomic E-state index is 11.1. The number of aliphatic hydroxyl groups is 2. The molecule has 0 heterocycles. The summed E-state index contributed by atoms with van der Waals surface area (Å²) in [6, 6.07) is 0. The van der Waals surface area contributed by atoms with Gasteiger partial charge in [0.15, 0.2) is 0 Å². The maximum atomic E-state index is 11.1. The Morgan fingerprint density at radius 3 is 2.72 bits per heavy atom. The Balaban J connectivity index is 2.39. The Labute approximate surface area is 189 Å². The number of rotatable bonds is 12. The quantitative estimate of drug-likeness (QED) is 0.112. The van der Waals surface area contributed by atoms with Crippen LogP contribution in [0.5, 0.6) is 0 Å². The summed E-state index contributed by atoms with van der Waals surface area (Å²) in [5.74, 6) is 0.304. The molecule has 0 aliphatic heterocycles. The highest BCUT2D eigenvalue weighted by Gasteiger charge is 2.32. The van der Waals surface area contributed by atoms with Crippen molar-refractivity contribution in [3.63, 3.8) is 0 Å². The summed E-state index contributed by atoms with van der Waals surface area (Å²) in [4.78, 5) is 12.0. The molecule has 0 bridgehead atoms. The van der Waals surface area contributed by atoms with Gasteiger partial charge in [0.2, 0.25) is 0 Å². The average molecular weight is 488 g/mol. The van der Waals surface area contributed by atoms with Gasteiger partial charge in [-0.3, -0.25) is 4.79 Å². The van der Waals surface area contributed by atoms with E-state index in [1.165, 1.54) is 7.11 Å². The lowest BCUT2D eigenvalue weighted by Crippen LogP contribution is -2.17. The summed E-state index contributed by atoms with van der Waals surface area (Å²) < 4.78 is 5.58. The van der Waals surface area contributed by atoms with E-state index in [0.29, 0.717) is 18.8 Å². The molecule has 0 spiro atoms. The Kier molecular flexibility index (Phi) is 13.6. The first kappa shape index (κ1) is 26.2. The fraction of sp³-hybridized carbons (Fsp3) is 0.609. The molecule has 0 saturated heterocycles. The van der Waals surface area contributed by atoms with Crippen molar-refractivity contribution in [3.8, 4) is 0 Å². The minimum Gasteiger partial charge on any atom is -0.469 e. The van der Waals surface area contributed by atoms with Gasteiger partial charge in [-0.2, -0.15) is 0 Å². The fourth-order valence-corrected chi connectivity index (χ4v) is 3.69. The summed E-state index contributed by atoms with van der Waals surface area (Å²) in [7, 11) is 1.40. The monoisotopic (exact) mass is 486 g/mol. The molecule has 1 rings (SSSR count). The molecule has 0 amide bonds. The molecular weight excluding hydrogens is 452 g/mol. The maximum Gasteiger partial charge on any atom is 0.305 e. The van der Waals surface area contributed by atoms with E-state index in [1.54, 1.807) is 0 Å². The van der Waals surface area contributed by atoms with Gasteiger partial charge in [0.25, 0.3) is 0 Å². The van der Waals surface area contributed by atoms with E-state index in [-0.39, 0.29) is 18.0 Å². The van der Waals surface area contributed by atoms with Crippen LogP contribution >= 0.6 is 28.6 Å². The molecule has 0 aromatic rings. The highest BCUT2D eigenvalue weighted by molar-refractivity contribution is 9.12. The Bertz CT molecular complexity index is 608. The van der Waals surface area contributed by atoms with Crippen LogP contribution < -0.4 is 0 Å². The third-order valence-corrected chi connectivity index (χ3v) is 6.62. The number of unbranched alkanes of at least 4 members (excludes halogenated alkanes) is 1. The van der Waals surface area contributed by atoms with Gasteiger partial charge >= 0.3 is 5.97 Å². The molecule has 29 heavy (non-hydrogen) atoms. The number of aliphatic hydroxyl groups excluding tert-OH is 2. The molecular formula is C23H35BrO4S. The number of carbonyl (C=O) groups is 1. The van der Waals surface area contributed by atoms with Crippen LogP contribution in [0.1, 0.15) is 58.3 Å². The van der Waals surface area contributed by atoms with Crippen LogP contribution in [-0.2, 0) is 9.53 Å². The predicted molar refractivity (Wildman–Crippen MR) is 126 cm³/mol. The van der Waals surface area contributed by atoms with E-state index in [2.05, 4.69) is 51.5 Å². The van der Waals surface area contributed by atoms with Crippen molar-refractivity contribution < 1.29 is 19.7 Å². The average Bonchev–Trinajstić information content (AvgIpc) is 3.05. The van der Waals surface area contributed by atoms with Crippen molar-refractivity contribution >= 4 is 34.5 Å². The molecule has 6 heteroatoms. The van der Waals surface area contributed by atoms with E-state index in [9.17, 15) is 15.0 Å². The second-order valence-electron chi connectivity index (χ2n) is 7.51. The Morgan fingerprint density at radius 2 is 2.03 bits per heavy atom. The van der Waals surface area contributed by atoms with Crippen LogP contribution in [0, 0.1) is 11.8 Å². The van der Waals surface area contributed by atoms with E-state index >= 15 is 0 Å². The minimum atomic E-state index is -0.480. The molecule has 4 atom stereocenters. The molecule has 0 aromatic heterocycles. The molecule has 0 aromatic carbocycles. The van der Waals surface area contributed by atoms with E-state index in [0.717, 1.165) is 47.9 Å². The Morgan fingerprint density at radius 1 is 1.28 bits per heavy atom. The lowest BCUT2D eigenvalue weighted by Gasteiger charge is -2.18. The number of hydrogen-bond acceptors (Lipinski definition) is 5. The molecule has 2 unspecified atom stereocenters. The van der Waals surface area contributed by atoms with Crippen molar-refractivity contribution in [3.05, 3.63) is 45.8 Å². The summed E-state index contributed by atoms with van der Waals surface area (Å²) >= 11 is 7.70. The number of hydrogen-bond donors (Lipinski definition) is 3. The highest BCUT2D eigenvalue weighted by Crippen LogP contribution is 2.36. The van der Waals surface area contributed by atoms with Gasteiger partial charge in [0, 0.05) is 10.9 Å². The molecule has 1 aliphatic carbocycles. The van der Waals surface area contributed by atoms with Crippen molar-refractivity contribution in [2.45, 2.75) is 70.5 Å². The second-order valence-corrected chi connectivity index (χ2v) is 9.04. The van der Waals surface area contributed by atoms with Crippen LogP contribution in [0.15, 0.2) is 45.8 Å². The fourth-order valence-electron chi connectivity index (χ4n) is 3.43. The number of methoxy groups -OCH3 is 1. The lowest BCUT2D eigenvalue weighted by molar-refractivity contribution is -0.140. The van der Waals surface area contributed by atoms with Crippen molar-refractivity contribution in [2.24, 2.45) is 11.8 Å². The van der Waals surface area contributed by atoms with Gasteiger partial charge in [0.05, 0.1) is 19.3 Å². The summed E-state index contributed by atoms with van der Waals surface area (Å²) in [5, 5.41) is 20.5. The number of ether oxygens (including phenoxy) is 1. The predicted octanol–water partition coefficient (Wildman–Crippen LogP) is 5.47. The van der Waals surface area contributed by atoms with Gasteiger partial charge in [-0.05, 0) is 68.6 Å². The standard InChI is InChI=1S/C23H35BrO4S/c1-17(29)21(24)11-8-7-9-19(25)15-13-18-14-16-22(26)20(18)10-5-3-4-6-12-23(27)28-2/h3,5,8,11,13,15,18-20,22,25-26,29H,4,6-7,9-10,12,14,16H2,1-2H3/b5-3-,11-8+,15-13+,21-17+/t18-,19-,20?,22?/m0/s1. The first-order valence-corrected chi connectivity index (χ1v) is 11.6. The van der Waals surface area contributed by atoms with Crippen LogP contribution in [0.4, 0.5) is 0 Å². The van der Waals surface area contributed by atoms with Gasteiger partial charge in [-0.15, -0.1) is 12.6 Å². The normalized spacial score (nSPS) is 24.6. The van der Waals surface area contributed by atoms with Crippen molar-refractivity contribution in [1.82, 2.24) is 0 Å². The van der Waals surface area contributed by atoms with Crippen LogP contribution in [0.25, 0.3) is 0 Å². The third kappa shape index (κ3) is 11.2. The molecule has 4 nitrogen and oxygen atoms in total. The summed E-state index contributed by atoms with van der Waals surface area (Å²) in [6.07, 6.45) is 17.4. The van der Waals surface area contributed by atoms with Crippen molar-refractivity contribution in [1.29, 1.82) is 0 Å². The summed E-state index contributed by atoms with van der Waals surface area (Å²) in [5.41, 5.74) is 0. The van der Waals surface area contributed by atoms with E-state index in [1.807, 2.05) is 25.2 Å². The SMILES string of the molecule is COC(=O)CCC/C=C\CC1C(O)CC[C@@H]1/C=C/[C@@H](O)CC/C=C/C(Br)=C(/C)S. The number of halogens is 1. The first-order valence-electron chi connectivity index (χ1n) is 10.3. The largest absolute Gasteiger partial charge is 0.469 e. The topological polar surface area (TPSA) is 66.8 Å². The Hall–Kier alpha value is -0.820. The number of allylic oxidation sites excluding steroid dienone is 7. The van der Waals surface area contributed by atoms with Crippen LogP contribution in [0.2, 0.25) is 0 Å². The molecule has 164 valence electrons. The summed E-state index contributed by atoms with van der Waals surface area (Å²) in [6.45, 7) is 1.92.